The molecule has 1 aromatic heterocycles. The number of benzene rings is 1. The normalized spacial score (nSPS) is 24.0. The number of nitrogens with one attached hydrogen (secondary N) is 1. The molecule has 1 aromatic carbocycles. The number of aromatic amines is 1. The summed E-state index contributed by atoms with van der Waals surface area (Å²) >= 11 is 0. The molecule has 2 aromatic rings. The number of fused-ring (bicyclic) bond motifs is 2. The van der Waals surface area contributed by atoms with Gasteiger partial charge in [-0.2, -0.15) is 0 Å². The average Bonchev–Trinajstić information content (AvgIpc) is 3.12. The number of amides is 1. The summed E-state index contributed by atoms with van der Waals surface area (Å²) in [4.78, 5) is 37.8. The van der Waals surface area contributed by atoms with Crippen LogP contribution in [0.15, 0.2) is 35.1 Å². The largest absolute Gasteiger partial charge is 0.378 e. The van der Waals surface area contributed by atoms with Gasteiger partial charge in [-0.25, -0.2) is 4.98 Å². The number of hydrogen-bond acceptors (Lipinski definition) is 5. The Hall–Kier alpha value is -2.67. The van der Waals surface area contributed by atoms with Gasteiger partial charge in [-0.3, -0.25) is 14.6 Å². The van der Waals surface area contributed by atoms with E-state index in [1.807, 2.05) is 35.2 Å². The van der Waals surface area contributed by atoms with Crippen LogP contribution in [-0.2, 0) is 16.6 Å². The number of ether oxygens (including phenoxy) is 1. The van der Waals surface area contributed by atoms with Crippen molar-refractivity contribution in [2.24, 2.45) is 0 Å². The predicted molar refractivity (Wildman–Crippen MR) is 109 cm³/mol. The van der Waals surface area contributed by atoms with Crippen LogP contribution in [0.5, 0.6) is 0 Å². The Morgan fingerprint density at radius 3 is 2.69 bits per heavy atom. The molecule has 1 spiro atoms. The highest BCUT2D eigenvalue weighted by atomic mass is 16.5. The molecule has 2 fully saturated rings. The van der Waals surface area contributed by atoms with Gasteiger partial charge in [-0.1, -0.05) is 18.2 Å². The summed E-state index contributed by atoms with van der Waals surface area (Å²) in [7, 11) is 0. The van der Waals surface area contributed by atoms with Crippen molar-refractivity contribution in [2.75, 3.05) is 44.3 Å². The molecule has 2 aliphatic heterocycles. The molecule has 1 atom stereocenters. The van der Waals surface area contributed by atoms with Gasteiger partial charge in [0.05, 0.1) is 18.9 Å². The van der Waals surface area contributed by atoms with E-state index in [0.717, 1.165) is 62.1 Å². The standard InChI is InChI=1S/C22H26N4O3/c27-19-17-7-9-22(18(17)23-21(24-19)25-11-13-29-14-12-25)8-4-10-26(15-22)20(28)16-5-2-1-3-6-16/h1-3,5-6H,4,7-15H2,(H,23,24,27). The second-order valence-electron chi connectivity index (χ2n) is 8.29. The Balaban J connectivity index is 1.47. The second kappa shape index (κ2) is 7.30. The number of H-pyrrole nitrogens is 1. The fourth-order valence-electron chi connectivity index (χ4n) is 5.03. The van der Waals surface area contributed by atoms with Gasteiger partial charge in [0.2, 0.25) is 5.95 Å². The molecule has 3 heterocycles. The smallest absolute Gasteiger partial charge is 0.255 e. The molecule has 0 saturated carbocycles. The Labute approximate surface area is 169 Å². The third kappa shape index (κ3) is 3.23. The van der Waals surface area contributed by atoms with E-state index in [0.29, 0.717) is 25.7 Å². The van der Waals surface area contributed by atoms with Crippen molar-refractivity contribution < 1.29 is 9.53 Å². The highest BCUT2D eigenvalue weighted by molar-refractivity contribution is 5.94. The van der Waals surface area contributed by atoms with Crippen LogP contribution in [0.4, 0.5) is 5.95 Å². The highest BCUT2D eigenvalue weighted by Gasteiger charge is 2.46. The molecule has 0 radical (unpaired) electrons. The molecule has 7 nitrogen and oxygen atoms in total. The van der Waals surface area contributed by atoms with E-state index < -0.39 is 0 Å². The number of hydrogen-bond donors (Lipinski definition) is 1. The van der Waals surface area contributed by atoms with Crippen LogP contribution >= 0.6 is 0 Å². The number of piperidine rings is 1. The minimum Gasteiger partial charge on any atom is -0.378 e. The van der Waals surface area contributed by atoms with Crippen molar-refractivity contribution in [3.8, 4) is 0 Å². The number of anilines is 1. The molecule has 0 bridgehead atoms. The van der Waals surface area contributed by atoms with Crippen LogP contribution in [0.2, 0.25) is 0 Å². The SMILES string of the molecule is O=C(c1ccccc1)N1CCCC2(CCc3c2nc(N2CCOCC2)[nH]c3=O)C1. The third-order valence-electron chi connectivity index (χ3n) is 6.55. The Morgan fingerprint density at radius 1 is 1.10 bits per heavy atom. The molecule has 152 valence electrons. The van der Waals surface area contributed by atoms with Crippen LogP contribution in [0.25, 0.3) is 0 Å². The lowest BCUT2D eigenvalue weighted by molar-refractivity contribution is 0.0633. The maximum atomic E-state index is 13.0. The lowest BCUT2D eigenvalue weighted by Gasteiger charge is -2.40. The molecule has 5 rings (SSSR count). The van der Waals surface area contributed by atoms with E-state index in [4.69, 9.17) is 9.72 Å². The monoisotopic (exact) mass is 394 g/mol. The summed E-state index contributed by atoms with van der Waals surface area (Å²) in [6, 6.07) is 9.45. The van der Waals surface area contributed by atoms with E-state index in [1.54, 1.807) is 0 Å². The van der Waals surface area contributed by atoms with Gasteiger partial charge in [-0.15, -0.1) is 0 Å². The van der Waals surface area contributed by atoms with Gasteiger partial charge in [0.1, 0.15) is 0 Å². The number of likely N-dealkylation sites (tertiary alicyclic amines) is 1. The molecular weight excluding hydrogens is 368 g/mol. The first-order valence-electron chi connectivity index (χ1n) is 10.5. The summed E-state index contributed by atoms with van der Waals surface area (Å²) < 4.78 is 5.43. The fraction of sp³-hybridized carbons (Fsp3) is 0.500. The number of carbonyl (C=O) groups is 1. The Morgan fingerprint density at radius 2 is 1.90 bits per heavy atom. The second-order valence-corrected chi connectivity index (χ2v) is 8.29. The van der Waals surface area contributed by atoms with Crippen LogP contribution in [0.3, 0.4) is 0 Å². The third-order valence-corrected chi connectivity index (χ3v) is 6.55. The molecule has 1 unspecified atom stereocenters. The van der Waals surface area contributed by atoms with E-state index in [2.05, 4.69) is 9.88 Å². The number of carbonyl (C=O) groups excluding carboxylic acids is 1. The average molecular weight is 394 g/mol. The molecule has 1 aliphatic carbocycles. The summed E-state index contributed by atoms with van der Waals surface area (Å²) in [5.41, 5.74) is 2.19. The zero-order valence-corrected chi connectivity index (χ0v) is 16.5. The summed E-state index contributed by atoms with van der Waals surface area (Å²) in [6.07, 6.45) is 3.51. The first-order chi connectivity index (χ1) is 14.2. The summed E-state index contributed by atoms with van der Waals surface area (Å²) in [5, 5.41) is 0. The number of morpholine rings is 1. The molecule has 1 amide bonds. The molecular formula is C22H26N4O3. The number of rotatable bonds is 2. The minimum absolute atomic E-state index is 0.0279. The van der Waals surface area contributed by atoms with E-state index in [9.17, 15) is 9.59 Å². The van der Waals surface area contributed by atoms with Gasteiger partial charge in [0.25, 0.3) is 11.5 Å². The molecule has 29 heavy (non-hydrogen) atoms. The van der Waals surface area contributed by atoms with Crippen molar-refractivity contribution in [1.29, 1.82) is 0 Å². The topological polar surface area (TPSA) is 78.5 Å². The molecule has 7 heteroatoms. The molecule has 1 N–H and O–H groups in total. The number of aromatic nitrogens is 2. The van der Waals surface area contributed by atoms with Crippen LogP contribution in [0, 0.1) is 0 Å². The van der Waals surface area contributed by atoms with Crippen molar-refractivity contribution >= 4 is 11.9 Å². The van der Waals surface area contributed by atoms with Crippen LogP contribution in [-0.4, -0.2) is 60.2 Å². The van der Waals surface area contributed by atoms with Gasteiger partial charge in [0, 0.05) is 42.7 Å². The van der Waals surface area contributed by atoms with Crippen molar-refractivity contribution in [3.05, 3.63) is 57.5 Å². The van der Waals surface area contributed by atoms with Crippen LogP contribution in [0.1, 0.15) is 40.9 Å². The minimum atomic E-state index is -0.215. The Bertz CT molecular complexity index is 968. The first kappa shape index (κ1) is 18.4. The van der Waals surface area contributed by atoms with Gasteiger partial charge in [-0.05, 0) is 37.8 Å². The van der Waals surface area contributed by atoms with E-state index in [1.165, 1.54) is 0 Å². The maximum Gasteiger partial charge on any atom is 0.255 e. The molecule has 3 aliphatic rings. The van der Waals surface area contributed by atoms with Gasteiger partial charge >= 0.3 is 0 Å². The van der Waals surface area contributed by atoms with E-state index in [-0.39, 0.29) is 16.9 Å². The fourth-order valence-corrected chi connectivity index (χ4v) is 5.03. The lowest BCUT2D eigenvalue weighted by Crippen LogP contribution is -2.48. The van der Waals surface area contributed by atoms with Crippen molar-refractivity contribution in [3.63, 3.8) is 0 Å². The summed E-state index contributed by atoms with van der Waals surface area (Å²) in [6.45, 7) is 4.13. The highest BCUT2D eigenvalue weighted by Crippen LogP contribution is 2.43. The van der Waals surface area contributed by atoms with Gasteiger partial charge < -0.3 is 14.5 Å². The zero-order valence-electron chi connectivity index (χ0n) is 16.5. The van der Waals surface area contributed by atoms with Crippen LogP contribution < -0.4 is 10.5 Å². The van der Waals surface area contributed by atoms with E-state index >= 15 is 0 Å². The quantitative estimate of drug-likeness (QED) is 0.839. The first-order valence-corrected chi connectivity index (χ1v) is 10.5. The predicted octanol–water partition coefficient (Wildman–Crippen LogP) is 1.73. The maximum absolute atomic E-state index is 13.0. The number of nitrogens with zero attached hydrogens (tertiary/aromatic N) is 3. The van der Waals surface area contributed by atoms with Gasteiger partial charge in [0.15, 0.2) is 0 Å². The van der Waals surface area contributed by atoms with Crippen molar-refractivity contribution in [2.45, 2.75) is 31.1 Å². The Kier molecular flexibility index (Phi) is 4.62. The summed E-state index contributed by atoms with van der Waals surface area (Å²) in [5.74, 6) is 0.709. The van der Waals surface area contributed by atoms with Crippen molar-refractivity contribution in [1.82, 2.24) is 14.9 Å². The lowest BCUT2D eigenvalue weighted by atomic mass is 9.77. The zero-order chi connectivity index (χ0) is 19.8. The molecule has 2 saturated heterocycles.